The summed E-state index contributed by atoms with van der Waals surface area (Å²) in [6, 6.07) is 11.1. The van der Waals surface area contributed by atoms with Crippen LogP contribution in [0.4, 0.5) is 8.78 Å². The number of aromatic nitrogens is 1. The molecule has 1 heterocycles. The molecule has 0 saturated carbocycles. The molecule has 1 unspecified atom stereocenters. The number of fused-ring (bicyclic) bond motifs is 1. The van der Waals surface area contributed by atoms with Crippen LogP contribution in [0, 0.1) is 42.7 Å². The number of rotatable bonds is 8. The predicted octanol–water partition coefficient (Wildman–Crippen LogP) is 9.95. The number of halogens is 2. The Morgan fingerprint density at radius 3 is 1.98 bits per heavy atom. The first-order valence-corrected chi connectivity index (χ1v) is 15.3. The van der Waals surface area contributed by atoms with Gasteiger partial charge >= 0.3 is 0 Å². The number of ketones is 2. The number of aromatic hydroxyl groups is 1. The normalized spacial score (nSPS) is 9.81. The predicted molar refractivity (Wildman–Crippen MR) is 196 cm³/mol. The van der Waals surface area contributed by atoms with Gasteiger partial charge in [0.25, 0.3) is 0 Å². The molecule has 47 heavy (non-hydrogen) atoms. The van der Waals surface area contributed by atoms with Crippen LogP contribution in [0.3, 0.4) is 0 Å². The summed E-state index contributed by atoms with van der Waals surface area (Å²) in [7, 11) is 2.74. The van der Waals surface area contributed by atoms with E-state index in [4.69, 9.17) is 14.9 Å². The SMILES string of the molecule is C.C#C.CC.CC(C)=O.CCc1cccc(F)c1O.CO.COCC(C)(C)CC(C)CCC(C)=O.Cc1cc2cc(F)ccc2cn1. The van der Waals surface area contributed by atoms with E-state index in [2.05, 4.69) is 38.6 Å². The maximum atomic E-state index is 12.7. The number of methoxy groups -OCH3 is 1. The fourth-order valence-corrected chi connectivity index (χ4v) is 4.01. The third-order valence-corrected chi connectivity index (χ3v) is 5.70. The summed E-state index contributed by atoms with van der Waals surface area (Å²) >= 11 is 0. The van der Waals surface area contributed by atoms with Crippen LogP contribution in [0.25, 0.3) is 10.8 Å². The van der Waals surface area contributed by atoms with Gasteiger partial charge in [0.05, 0.1) is 6.61 Å². The Morgan fingerprint density at radius 1 is 1.00 bits per heavy atom. The van der Waals surface area contributed by atoms with E-state index < -0.39 is 5.82 Å². The number of carbonyl (C=O) groups excluding carboxylic acids is 2. The second kappa shape index (κ2) is 32.3. The Kier molecular flexibility index (Phi) is 36.3. The standard InChI is InChI=1S/C12H24O2.C10H8FN.C8H9FO.C3H6O.C2H6.C2H2.CH4O.CH4/c1-10(6-7-11(2)13)8-12(3,4)9-14-5;1-7-4-9-5-10(11)3-2-8(9)6-12-7;1-2-6-4-3-5-7(9)8(6)10;1-3(2)4;3*1-2;/h10H,6-9H2,1-5H3;2-6H,1H3;3-5,10H,2H2,1H3;1-2H3;1-2H3;1-2H;2H,1H3;1H4. The van der Waals surface area contributed by atoms with Crippen molar-refractivity contribution in [2.75, 3.05) is 20.8 Å². The zero-order valence-electron chi connectivity index (χ0n) is 30.2. The summed E-state index contributed by atoms with van der Waals surface area (Å²) in [5, 5.41) is 17.9. The molecule has 0 bridgehead atoms. The summed E-state index contributed by atoms with van der Waals surface area (Å²) in [4.78, 5) is 24.4. The van der Waals surface area contributed by atoms with Gasteiger partial charge in [-0.05, 0) is 99.6 Å². The zero-order chi connectivity index (χ0) is 36.9. The van der Waals surface area contributed by atoms with Crippen LogP contribution in [0.5, 0.6) is 5.75 Å². The Morgan fingerprint density at radius 2 is 1.53 bits per heavy atom. The number of Topliss-reactive ketones (excluding diaryl/α,β-unsaturated/α-hetero) is 2. The van der Waals surface area contributed by atoms with Gasteiger partial charge in [0.2, 0.25) is 0 Å². The van der Waals surface area contributed by atoms with E-state index in [9.17, 15) is 18.4 Å². The smallest absolute Gasteiger partial charge is 0.165 e. The molecule has 0 aliphatic rings. The highest BCUT2D eigenvalue weighted by Gasteiger charge is 2.21. The molecule has 0 spiro atoms. The van der Waals surface area contributed by atoms with Gasteiger partial charge in [-0.1, -0.05) is 61.1 Å². The molecule has 0 amide bonds. The van der Waals surface area contributed by atoms with Crippen molar-refractivity contribution in [1.29, 1.82) is 0 Å². The van der Waals surface area contributed by atoms with Crippen LogP contribution in [-0.4, -0.2) is 47.6 Å². The minimum Gasteiger partial charge on any atom is -0.505 e. The lowest BCUT2D eigenvalue weighted by atomic mass is 9.82. The lowest BCUT2D eigenvalue weighted by Crippen LogP contribution is -2.21. The molecule has 0 radical (unpaired) electrons. The van der Waals surface area contributed by atoms with Crippen molar-refractivity contribution in [3.8, 4) is 18.6 Å². The van der Waals surface area contributed by atoms with Crippen molar-refractivity contribution < 1.29 is 33.3 Å². The molecule has 2 N–H and O–H groups in total. The van der Waals surface area contributed by atoms with Crippen molar-refractivity contribution in [2.24, 2.45) is 11.3 Å². The molecule has 3 rings (SSSR count). The number of aliphatic hydroxyl groups is 1. The molecular formula is C39H63F2NO5. The number of hydrogen-bond donors (Lipinski definition) is 2. The number of aryl methyl sites for hydroxylation is 2. The number of hydrogen-bond acceptors (Lipinski definition) is 6. The fourth-order valence-electron chi connectivity index (χ4n) is 4.01. The number of phenols is 1. The van der Waals surface area contributed by atoms with Crippen molar-refractivity contribution >= 4 is 22.3 Å². The Labute approximate surface area is 285 Å². The van der Waals surface area contributed by atoms with Crippen molar-refractivity contribution in [3.05, 3.63) is 71.6 Å². The van der Waals surface area contributed by atoms with E-state index in [-0.39, 0.29) is 30.2 Å². The lowest BCUT2D eigenvalue weighted by Gasteiger charge is -2.27. The minimum absolute atomic E-state index is 0. The van der Waals surface area contributed by atoms with Crippen LogP contribution < -0.4 is 0 Å². The average Bonchev–Trinajstić information content (AvgIpc) is 3.00. The molecule has 6 nitrogen and oxygen atoms in total. The second-order valence-corrected chi connectivity index (χ2v) is 11.0. The Bertz CT molecular complexity index is 1200. The number of benzene rings is 2. The van der Waals surface area contributed by atoms with Gasteiger partial charge in [-0.2, -0.15) is 0 Å². The van der Waals surface area contributed by atoms with Gasteiger partial charge in [0, 0.05) is 37.9 Å². The summed E-state index contributed by atoms with van der Waals surface area (Å²) in [5.41, 5.74) is 1.79. The topological polar surface area (TPSA) is 96.7 Å². The lowest BCUT2D eigenvalue weighted by molar-refractivity contribution is -0.117. The molecule has 0 fully saturated rings. The number of phenolic OH excluding ortho intramolecular Hbond substituents is 1. The molecule has 0 aliphatic carbocycles. The second-order valence-electron chi connectivity index (χ2n) is 11.0. The molecule has 1 aromatic heterocycles. The number of ether oxygens (including phenoxy) is 1. The number of terminal acetylenes is 1. The molecule has 1 atom stereocenters. The summed E-state index contributed by atoms with van der Waals surface area (Å²) < 4.78 is 30.4. The van der Waals surface area contributed by atoms with Gasteiger partial charge in [-0.25, -0.2) is 8.78 Å². The van der Waals surface area contributed by atoms with E-state index in [1.807, 2.05) is 33.8 Å². The number of carbonyl (C=O) groups is 2. The fraction of sp³-hybridized carbons (Fsp3) is 0.513. The monoisotopic (exact) mass is 663 g/mol. The number of nitrogens with zero attached hydrogens (tertiary/aromatic N) is 1. The van der Waals surface area contributed by atoms with Gasteiger partial charge in [-0.15, -0.1) is 12.8 Å². The van der Waals surface area contributed by atoms with E-state index in [0.717, 1.165) is 43.0 Å². The van der Waals surface area contributed by atoms with Crippen LogP contribution >= 0.6 is 0 Å². The average molecular weight is 664 g/mol. The largest absolute Gasteiger partial charge is 0.505 e. The Hall–Kier alpha value is -3.67. The summed E-state index contributed by atoms with van der Waals surface area (Å²) in [5.74, 6) is 0.0999. The first kappa shape index (κ1) is 52.8. The van der Waals surface area contributed by atoms with E-state index in [1.165, 1.54) is 32.0 Å². The van der Waals surface area contributed by atoms with Crippen molar-refractivity contribution in [1.82, 2.24) is 4.98 Å². The number of para-hydroxylation sites is 1. The molecule has 8 heteroatoms. The first-order chi connectivity index (χ1) is 21.6. The van der Waals surface area contributed by atoms with E-state index in [0.29, 0.717) is 30.1 Å². The number of aliphatic hydroxyl groups excluding tert-OH is 1. The third-order valence-electron chi connectivity index (χ3n) is 5.70. The maximum absolute atomic E-state index is 12.7. The molecule has 0 aliphatic heterocycles. The third kappa shape index (κ3) is 29.5. The van der Waals surface area contributed by atoms with Crippen molar-refractivity contribution in [2.45, 2.75) is 102 Å². The quantitative estimate of drug-likeness (QED) is 0.233. The first-order valence-electron chi connectivity index (χ1n) is 15.3. The number of pyridine rings is 1. The van der Waals surface area contributed by atoms with Gasteiger partial charge in [0.1, 0.15) is 17.4 Å². The minimum atomic E-state index is -0.542. The highest BCUT2D eigenvalue weighted by Crippen LogP contribution is 2.27. The van der Waals surface area contributed by atoms with Crippen LogP contribution in [-0.2, 0) is 20.7 Å². The van der Waals surface area contributed by atoms with Gasteiger partial charge in [-0.3, -0.25) is 4.98 Å². The van der Waals surface area contributed by atoms with Crippen LogP contribution in [0.1, 0.15) is 100 Å². The van der Waals surface area contributed by atoms with Gasteiger partial charge in [0.15, 0.2) is 11.6 Å². The molecule has 268 valence electrons. The summed E-state index contributed by atoms with van der Waals surface area (Å²) in [6.07, 6.45) is 13.2. The highest BCUT2D eigenvalue weighted by molar-refractivity contribution is 5.81. The summed E-state index contributed by atoms with van der Waals surface area (Å²) in [6.45, 7) is 19.9. The molecule has 0 saturated heterocycles. The van der Waals surface area contributed by atoms with E-state index >= 15 is 0 Å². The Balaban J connectivity index is -0.000000164. The molecular weight excluding hydrogens is 600 g/mol. The van der Waals surface area contributed by atoms with Crippen molar-refractivity contribution in [3.63, 3.8) is 0 Å². The van der Waals surface area contributed by atoms with Crippen LogP contribution in [0.2, 0.25) is 0 Å². The molecule has 3 aromatic rings. The van der Waals surface area contributed by atoms with Gasteiger partial charge < -0.3 is 24.5 Å². The van der Waals surface area contributed by atoms with Crippen LogP contribution in [0.15, 0.2) is 48.7 Å². The highest BCUT2D eigenvalue weighted by atomic mass is 19.1. The molecule has 2 aromatic carbocycles. The van der Waals surface area contributed by atoms with E-state index in [1.54, 1.807) is 38.4 Å². The maximum Gasteiger partial charge on any atom is 0.165 e. The zero-order valence-corrected chi connectivity index (χ0v) is 30.2.